The second-order valence-electron chi connectivity index (χ2n) is 6.28. The first kappa shape index (κ1) is 16.8. The molecule has 2 aromatic heterocycles. The summed E-state index contributed by atoms with van der Waals surface area (Å²) in [5.74, 6) is 0.534. The number of fused-ring (bicyclic) bond motifs is 1. The van der Waals surface area contributed by atoms with Gasteiger partial charge in [-0.05, 0) is 30.3 Å². The third kappa shape index (κ3) is 3.67. The predicted molar refractivity (Wildman–Crippen MR) is 106 cm³/mol. The molecule has 0 atom stereocenters. The van der Waals surface area contributed by atoms with Crippen molar-refractivity contribution in [3.8, 4) is 5.75 Å². The average molecular weight is 357 g/mol. The molecule has 4 aromatic rings. The molecule has 0 spiro atoms. The number of rotatable bonds is 5. The van der Waals surface area contributed by atoms with E-state index in [1.165, 1.54) is 0 Å². The second kappa shape index (κ2) is 7.33. The summed E-state index contributed by atoms with van der Waals surface area (Å²) < 4.78 is 7.69. The molecule has 2 heterocycles. The van der Waals surface area contributed by atoms with E-state index in [1.54, 1.807) is 12.4 Å². The first-order valence-corrected chi connectivity index (χ1v) is 8.68. The van der Waals surface area contributed by atoms with Crippen molar-refractivity contribution in [1.82, 2.24) is 9.55 Å². The monoisotopic (exact) mass is 357 g/mol. The summed E-state index contributed by atoms with van der Waals surface area (Å²) in [6.45, 7) is 0.425. The number of hydrogen-bond acceptors (Lipinski definition) is 3. The van der Waals surface area contributed by atoms with E-state index in [0.717, 1.165) is 16.5 Å². The minimum absolute atomic E-state index is 0.155. The van der Waals surface area contributed by atoms with Crippen LogP contribution in [0.4, 0.5) is 5.69 Å². The minimum Gasteiger partial charge on any atom is -0.489 e. The van der Waals surface area contributed by atoms with Gasteiger partial charge in [0, 0.05) is 47.7 Å². The molecular formula is C22H19N3O2. The van der Waals surface area contributed by atoms with Gasteiger partial charge < -0.3 is 14.6 Å². The van der Waals surface area contributed by atoms with E-state index in [-0.39, 0.29) is 5.91 Å². The topological polar surface area (TPSA) is 56.2 Å². The van der Waals surface area contributed by atoms with Crippen molar-refractivity contribution in [2.75, 3.05) is 5.32 Å². The molecule has 0 bridgehead atoms. The highest BCUT2D eigenvalue weighted by Gasteiger charge is 2.13. The average Bonchev–Trinajstić information content (AvgIpc) is 3.05. The van der Waals surface area contributed by atoms with Crippen LogP contribution in [0.1, 0.15) is 16.1 Å². The van der Waals surface area contributed by atoms with Crippen LogP contribution in [0.15, 0.2) is 79.1 Å². The maximum atomic E-state index is 12.7. The smallest absolute Gasteiger partial charge is 0.272 e. The number of pyridine rings is 1. The van der Waals surface area contributed by atoms with Crippen molar-refractivity contribution in [2.24, 2.45) is 7.05 Å². The highest BCUT2D eigenvalue weighted by atomic mass is 16.5. The van der Waals surface area contributed by atoms with E-state index in [9.17, 15) is 4.79 Å². The highest BCUT2D eigenvalue weighted by Crippen LogP contribution is 2.22. The molecule has 0 saturated heterocycles. The number of hydrogen-bond donors (Lipinski definition) is 1. The fraction of sp³-hybridized carbons (Fsp3) is 0.0909. The van der Waals surface area contributed by atoms with Crippen LogP contribution in [0.3, 0.4) is 0 Å². The van der Waals surface area contributed by atoms with Crippen molar-refractivity contribution in [2.45, 2.75) is 6.61 Å². The van der Waals surface area contributed by atoms with Crippen LogP contribution >= 0.6 is 0 Å². The second-order valence-corrected chi connectivity index (χ2v) is 6.28. The molecule has 0 radical (unpaired) electrons. The Morgan fingerprint density at radius 1 is 1.07 bits per heavy atom. The summed E-state index contributed by atoms with van der Waals surface area (Å²) >= 11 is 0. The van der Waals surface area contributed by atoms with Gasteiger partial charge >= 0.3 is 0 Å². The maximum absolute atomic E-state index is 12.7. The first-order valence-electron chi connectivity index (χ1n) is 8.68. The van der Waals surface area contributed by atoms with E-state index < -0.39 is 0 Å². The van der Waals surface area contributed by atoms with Gasteiger partial charge in [-0.3, -0.25) is 9.78 Å². The number of nitrogens with zero attached hydrogens (tertiary/aromatic N) is 2. The Morgan fingerprint density at radius 2 is 1.96 bits per heavy atom. The van der Waals surface area contributed by atoms with Gasteiger partial charge in [-0.25, -0.2) is 0 Å². The van der Waals surface area contributed by atoms with E-state index in [0.29, 0.717) is 23.7 Å². The SMILES string of the molecule is Cn1c(C(=O)Nc2cccc(OCc3cccnc3)c2)cc2ccccc21. The number of aromatic nitrogens is 2. The number of anilines is 1. The van der Waals surface area contributed by atoms with E-state index in [4.69, 9.17) is 4.74 Å². The van der Waals surface area contributed by atoms with Gasteiger partial charge in [0.05, 0.1) is 0 Å². The van der Waals surface area contributed by atoms with E-state index in [1.807, 2.05) is 78.3 Å². The lowest BCUT2D eigenvalue weighted by molar-refractivity contribution is 0.101. The molecule has 134 valence electrons. The third-order valence-corrected chi connectivity index (χ3v) is 4.40. The van der Waals surface area contributed by atoms with Crippen LogP contribution in [0.2, 0.25) is 0 Å². The number of carbonyl (C=O) groups is 1. The standard InChI is InChI=1S/C22H19N3O2/c1-25-20-10-3-2-7-17(20)12-21(25)22(26)24-18-8-4-9-19(13-18)27-15-16-6-5-11-23-14-16/h2-14H,15H2,1H3,(H,24,26). The molecule has 0 unspecified atom stereocenters. The van der Waals surface area contributed by atoms with Crippen molar-refractivity contribution in [3.05, 3.63) is 90.4 Å². The molecule has 0 aliphatic carbocycles. The number of para-hydroxylation sites is 1. The Hall–Kier alpha value is -3.60. The lowest BCUT2D eigenvalue weighted by Gasteiger charge is -2.10. The van der Waals surface area contributed by atoms with E-state index in [2.05, 4.69) is 10.3 Å². The van der Waals surface area contributed by atoms with Crippen LogP contribution in [-0.2, 0) is 13.7 Å². The van der Waals surface area contributed by atoms with Gasteiger partial charge in [0.25, 0.3) is 5.91 Å². The molecule has 5 heteroatoms. The molecule has 27 heavy (non-hydrogen) atoms. The van der Waals surface area contributed by atoms with Crippen LogP contribution < -0.4 is 10.1 Å². The van der Waals surface area contributed by atoms with Gasteiger partial charge in [-0.1, -0.05) is 30.3 Å². The number of carbonyl (C=O) groups excluding carboxylic acids is 1. The fourth-order valence-electron chi connectivity index (χ4n) is 3.02. The molecule has 0 fully saturated rings. The zero-order valence-corrected chi connectivity index (χ0v) is 14.9. The molecule has 4 rings (SSSR count). The summed E-state index contributed by atoms with van der Waals surface area (Å²) in [6, 6.07) is 21.0. The van der Waals surface area contributed by atoms with Crippen LogP contribution in [0.5, 0.6) is 5.75 Å². The lowest BCUT2D eigenvalue weighted by Crippen LogP contribution is -2.15. The van der Waals surface area contributed by atoms with Crippen molar-refractivity contribution < 1.29 is 9.53 Å². The summed E-state index contributed by atoms with van der Waals surface area (Å²) in [5, 5.41) is 3.99. The molecule has 0 aliphatic rings. The maximum Gasteiger partial charge on any atom is 0.272 e. The van der Waals surface area contributed by atoms with Crippen molar-refractivity contribution >= 4 is 22.5 Å². The summed E-state index contributed by atoms with van der Waals surface area (Å²) in [4.78, 5) is 16.8. The van der Waals surface area contributed by atoms with E-state index >= 15 is 0 Å². The Kier molecular flexibility index (Phi) is 4.58. The Labute approximate surface area is 157 Å². The van der Waals surface area contributed by atoms with Crippen LogP contribution in [-0.4, -0.2) is 15.5 Å². The number of nitrogens with one attached hydrogen (secondary N) is 1. The van der Waals surface area contributed by atoms with Crippen LogP contribution in [0.25, 0.3) is 10.9 Å². The molecule has 1 N–H and O–H groups in total. The van der Waals surface area contributed by atoms with Crippen molar-refractivity contribution in [1.29, 1.82) is 0 Å². The third-order valence-electron chi connectivity index (χ3n) is 4.40. The fourth-order valence-corrected chi connectivity index (χ4v) is 3.02. The molecule has 0 aliphatic heterocycles. The Morgan fingerprint density at radius 3 is 2.78 bits per heavy atom. The predicted octanol–water partition coefficient (Wildman–Crippen LogP) is 4.40. The molecule has 0 saturated carbocycles. The molecule has 2 aromatic carbocycles. The molecular weight excluding hydrogens is 338 g/mol. The summed E-state index contributed by atoms with van der Waals surface area (Å²) in [7, 11) is 1.89. The van der Waals surface area contributed by atoms with Gasteiger partial charge in [-0.2, -0.15) is 0 Å². The lowest BCUT2D eigenvalue weighted by atomic mass is 10.2. The van der Waals surface area contributed by atoms with Crippen LogP contribution in [0, 0.1) is 0 Å². The molecule has 5 nitrogen and oxygen atoms in total. The molecule has 1 amide bonds. The van der Waals surface area contributed by atoms with Gasteiger partial charge in [0.15, 0.2) is 0 Å². The summed E-state index contributed by atoms with van der Waals surface area (Å²) in [5.41, 5.74) is 3.31. The number of benzene rings is 2. The largest absolute Gasteiger partial charge is 0.489 e. The minimum atomic E-state index is -0.155. The van der Waals surface area contributed by atoms with Crippen molar-refractivity contribution in [3.63, 3.8) is 0 Å². The Bertz CT molecular complexity index is 1090. The quantitative estimate of drug-likeness (QED) is 0.576. The zero-order valence-electron chi connectivity index (χ0n) is 14.9. The highest BCUT2D eigenvalue weighted by molar-refractivity contribution is 6.06. The van der Waals surface area contributed by atoms with Gasteiger partial charge in [-0.15, -0.1) is 0 Å². The normalized spacial score (nSPS) is 10.7. The van der Waals surface area contributed by atoms with Gasteiger partial charge in [0.1, 0.15) is 18.1 Å². The Balaban J connectivity index is 1.48. The summed E-state index contributed by atoms with van der Waals surface area (Å²) in [6.07, 6.45) is 3.50. The number of amides is 1. The zero-order chi connectivity index (χ0) is 18.6. The number of ether oxygens (including phenoxy) is 1. The van der Waals surface area contributed by atoms with Gasteiger partial charge in [0.2, 0.25) is 0 Å². The first-order chi connectivity index (χ1) is 13.2. The number of aryl methyl sites for hydroxylation is 1.